The van der Waals surface area contributed by atoms with Crippen molar-refractivity contribution < 1.29 is 29.0 Å². The van der Waals surface area contributed by atoms with Crippen LogP contribution in [0.2, 0.25) is 0 Å². The van der Waals surface area contributed by atoms with E-state index in [0.717, 1.165) is 0 Å². The van der Waals surface area contributed by atoms with E-state index in [1.807, 2.05) is 5.32 Å². The average molecular weight is 296 g/mol. The molecule has 0 saturated heterocycles. The molecule has 3 N–H and O–H groups in total. The molecule has 1 atom stereocenters. The second-order valence-corrected chi connectivity index (χ2v) is 4.00. The lowest BCUT2D eigenvalue weighted by Crippen LogP contribution is -2.43. The van der Waals surface area contributed by atoms with Gasteiger partial charge in [0, 0.05) is 13.1 Å². The molecule has 8 heteroatoms. The van der Waals surface area contributed by atoms with Crippen molar-refractivity contribution in [2.75, 3.05) is 14.2 Å². The molecule has 0 aliphatic heterocycles. The fraction of sp³-hybridized carbons (Fsp3) is 0.308. The summed E-state index contributed by atoms with van der Waals surface area (Å²) in [7, 11) is 2.76. The lowest BCUT2D eigenvalue weighted by Gasteiger charge is -2.13. The third-order valence-corrected chi connectivity index (χ3v) is 2.54. The van der Waals surface area contributed by atoms with Crippen LogP contribution in [0.5, 0.6) is 11.5 Å². The number of ether oxygens (including phenoxy) is 2. The van der Waals surface area contributed by atoms with E-state index >= 15 is 0 Å². The number of nitrogens with one attached hydrogen (secondary N) is 2. The van der Waals surface area contributed by atoms with Crippen molar-refractivity contribution in [3.05, 3.63) is 23.8 Å². The van der Waals surface area contributed by atoms with Gasteiger partial charge in [0.05, 0.1) is 7.11 Å². The van der Waals surface area contributed by atoms with Crippen LogP contribution in [0.1, 0.15) is 17.3 Å². The Hall–Kier alpha value is -2.77. The van der Waals surface area contributed by atoms with Crippen LogP contribution in [-0.4, -0.2) is 43.3 Å². The SMILES string of the molecule is CNC(=O)NC(=O)[C@H](C)OC(=O)c1ccc(OC)cc1O. The zero-order valence-electron chi connectivity index (χ0n) is 11.8. The molecule has 0 spiro atoms. The van der Waals surface area contributed by atoms with Gasteiger partial charge in [-0.05, 0) is 19.1 Å². The Morgan fingerprint density at radius 1 is 1.29 bits per heavy atom. The summed E-state index contributed by atoms with van der Waals surface area (Å²) in [4.78, 5) is 34.3. The Morgan fingerprint density at radius 3 is 2.48 bits per heavy atom. The number of amides is 3. The monoisotopic (exact) mass is 296 g/mol. The highest BCUT2D eigenvalue weighted by Gasteiger charge is 2.22. The molecular weight excluding hydrogens is 280 g/mol. The molecule has 0 unspecified atom stereocenters. The number of aromatic hydroxyl groups is 1. The molecule has 0 fully saturated rings. The minimum absolute atomic E-state index is 0.115. The van der Waals surface area contributed by atoms with Gasteiger partial charge in [0.2, 0.25) is 0 Å². The quantitative estimate of drug-likeness (QED) is 0.693. The number of carbonyl (C=O) groups is 3. The molecule has 3 amide bonds. The number of methoxy groups -OCH3 is 1. The van der Waals surface area contributed by atoms with E-state index in [4.69, 9.17) is 9.47 Å². The van der Waals surface area contributed by atoms with Crippen molar-refractivity contribution >= 4 is 17.9 Å². The van der Waals surface area contributed by atoms with Crippen molar-refractivity contribution in [1.82, 2.24) is 10.6 Å². The minimum atomic E-state index is -1.20. The van der Waals surface area contributed by atoms with Crippen molar-refractivity contribution in [2.24, 2.45) is 0 Å². The molecule has 114 valence electrons. The Morgan fingerprint density at radius 2 is 1.95 bits per heavy atom. The number of phenolic OH excluding ortho intramolecular Hbond substituents is 1. The van der Waals surface area contributed by atoms with E-state index in [1.54, 1.807) is 0 Å². The van der Waals surface area contributed by atoms with Gasteiger partial charge in [-0.1, -0.05) is 0 Å². The average Bonchev–Trinajstić information content (AvgIpc) is 2.46. The van der Waals surface area contributed by atoms with Crippen LogP contribution < -0.4 is 15.4 Å². The molecule has 0 radical (unpaired) electrons. The largest absolute Gasteiger partial charge is 0.507 e. The Kier molecular flexibility index (Phi) is 5.53. The number of benzene rings is 1. The van der Waals surface area contributed by atoms with E-state index in [2.05, 4.69) is 5.32 Å². The number of hydrogen-bond acceptors (Lipinski definition) is 6. The van der Waals surface area contributed by atoms with Crippen LogP contribution in [0, 0.1) is 0 Å². The first kappa shape index (κ1) is 16.3. The van der Waals surface area contributed by atoms with Crippen LogP contribution in [-0.2, 0) is 9.53 Å². The Balaban J connectivity index is 2.72. The number of carbonyl (C=O) groups excluding carboxylic acids is 3. The summed E-state index contributed by atoms with van der Waals surface area (Å²) in [5.74, 6) is -1.64. The predicted molar refractivity (Wildman–Crippen MR) is 72.1 cm³/mol. The molecule has 0 bridgehead atoms. The highest BCUT2D eigenvalue weighted by Crippen LogP contribution is 2.24. The second-order valence-electron chi connectivity index (χ2n) is 4.00. The first-order valence-corrected chi connectivity index (χ1v) is 5.99. The molecule has 0 aromatic heterocycles. The number of rotatable bonds is 4. The smallest absolute Gasteiger partial charge is 0.342 e. The third kappa shape index (κ3) is 4.37. The topological polar surface area (TPSA) is 114 Å². The summed E-state index contributed by atoms with van der Waals surface area (Å²) >= 11 is 0. The highest BCUT2D eigenvalue weighted by atomic mass is 16.5. The summed E-state index contributed by atoms with van der Waals surface area (Å²) in [6.07, 6.45) is -1.20. The molecule has 1 aromatic carbocycles. The number of urea groups is 1. The molecule has 8 nitrogen and oxygen atoms in total. The van der Waals surface area contributed by atoms with E-state index in [-0.39, 0.29) is 11.3 Å². The first-order valence-electron chi connectivity index (χ1n) is 5.99. The molecule has 1 aromatic rings. The first-order chi connectivity index (χ1) is 9.88. The van der Waals surface area contributed by atoms with Crippen LogP contribution in [0.4, 0.5) is 4.79 Å². The summed E-state index contributed by atoms with van der Waals surface area (Å²) in [6.45, 7) is 1.30. The number of imide groups is 1. The zero-order valence-corrected chi connectivity index (χ0v) is 11.8. The van der Waals surface area contributed by atoms with E-state index in [0.29, 0.717) is 5.75 Å². The molecule has 1 rings (SSSR count). The van der Waals surface area contributed by atoms with Gasteiger partial charge in [0.15, 0.2) is 6.10 Å². The molecule has 0 aliphatic carbocycles. The Labute approximate surface area is 121 Å². The highest BCUT2D eigenvalue weighted by molar-refractivity contribution is 5.99. The van der Waals surface area contributed by atoms with Gasteiger partial charge in [0.25, 0.3) is 5.91 Å². The molecule has 0 heterocycles. The summed E-state index contributed by atoms with van der Waals surface area (Å²) < 4.78 is 9.75. The van der Waals surface area contributed by atoms with Crippen molar-refractivity contribution in [3.8, 4) is 11.5 Å². The van der Waals surface area contributed by atoms with Crippen LogP contribution in [0.25, 0.3) is 0 Å². The predicted octanol–water partition coefficient (Wildman–Crippen LogP) is 0.402. The lowest BCUT2D eigenvalue weighted by atomic mass is 10.2. The van der Waals surface area contributed by atoms with Crippen molar-refractivity contribution in [2.45, 2.75) is 13.0 Å². The van der Waals surface area contributed by atoms with E-state index in [9.17, 15) is 19.5 Å². The summed E-state index contributed by atoms with van der Waals surface area (Å²) in [6, 6.07) is 3.30. The zero-order chi connectivity index (χ0) is 16.0. The van der Waals surface area contributed by atoms with Gasteiger partial charge in [-0.15, -0.1) is 0 Å². The molecule has 0 saturated carbocycles. The number of hydrogen-bond donors (Lipinski definition) is 3. The normalized spacial score (nSPS) is 11.2. The van der Waals surface area contributed by atoms with Crippen molar-refractivity contribution in [3.63, 3.8) is 0 Å². The molecule has 0 aliphatic rings. The van der Waals surface area contributed by atoms with Gasteiger partial charge in [0.1, 0.15) is 17.1 Å². The van der Waals surface area contributed by atoms with Gasteiger partial charge in [-0.3, -0.25) is 10.1 Å². The molecule has 21 heavy (non-hydrogen) atoms. The van der Waals surface area contributed by atoms with Gasteiger partial charge in [-0.2, -0.15) is 0 Å². The third-order valence-electron chi connectivity index (χ3n) is 2.54. The van der Waals surface area contributed by atoms with Crippen molar-refractivity contribution in [1.29, 1.82) is 0 Å². The van der Waals surface area contributed by atoms with E-state index < -0.39 is 24.0 Å². The molecular formula is C13H16N2O6. The maximum absolute atomic E-state index is 11.8. The van der Waals surface area contributed by atoms with Crippen LogP contribution in [0.15, 0.2) is 18.2 Å². The second kappa shape index (κ2) is 7.13. The maximum atomic E-state index is 11.8. The lowest BCUT2D eigenvalue weighted by molar-refractivity contribution is -0.127. The summed E-state index contributed by atoms with van der Waals surface area (Å²) in [5, 5.41) is 13.8. The number of phenols is 1. The fourth-order valence-corrected chi connectivity index (χ4v) is 1.36. The Bertz CT molecular complexity index is 558. The number of esters is 1. The van der Waals surface area contributed by atoms with Crippen LogP contribution in [0.3, 0.4) is 0 Å². The van der Waals surface area contributed by atoms with E-state index in [1.165, 1.54) is 39.3 Å². The van der Waals surface area contributed by atoms with Gasteiger partial charge in [-0.25, -0.2) is 9.59 Å². The minimum Gasteiger partial charge on any atom is -0.507 e. The standard InChI is InChI=1S/C13H16N2O6/c1-7(11(17)15-13(19)14-2)21-12(18)9-5-4-8(20-3)6-10(9)16/h4-7,16H,1-3H3,(H2,14,15,17,19)/t7-/m0/s1. The fourth-order valence-electron chi connectivity index (χ4n) is 1.36. The maximum Gasteiger partial charge on any atom is 0.342 e. The van der Waals surface area contributed by atoms with Crippen LogP contribution >= 0.6 is 0 Å². The van der Waals surface area contributed by atoms with Gasteiger partial charge < -0.3 is 19.9 Å². The summed E-state index contributed by atoms with van der Waals surface area (Å²) in [5.41, 5.74) is -0.115. The van der Waals surface area contributed by atoms with Gasteiger partial charge >= 0.3 is 12.0 Å².